The van der Waals surface area contributed by atoms with Crippen LogP contribution in [0.4, 0.5) is 0 Å². The molecule has 2 aromatic heterocycles. The lowest BCUT2D eigenvalue weighted by Crippen LogP contribution is -2.36. The molecule has 2 aliphatic heterocycles. The van der Waals surface area contributed by atoms with E-state index >= 15 is 0 Å². The number of para-hydroxylation sites is 1. The van der Waals surface area contributed by atoms with Crippen LogP contribution in [0.2, 0.25) is 0 Å². The number of nitrogens with zero attached hydrogens (tertiary/aromatic N) is 4. The van der Waals surface area contributed by atoms with Crippen molar-refractivity contribution < 1.29 is 4.74 Å². The quantitative estimate of drug-likeness (QED) is 0.712. The number of hydrogen-bond donors (Lipinski definition) is 0. The van der Waals surface area contributed by atoms with Crippen molar-refractivity contribution in [2.75, 3.05) is 13.1 Å². The molecule has 0 saturated carbocycles. The van der Waals surface area contributed by atoms with Gasteiger partial charge >= 0.3 is 0 Å². The van der Waals surface area contributed by atoms with Gasteiger partial charge in [-0.05, 0) is 37.6 Å². The number of benzene rings is 1. The molecule has 0 aliphatic carbocycles. The molecule has 2 aliphatic rings. The highest BCUT2D eigenvalue weighted by Gasteiger charge is 2.34. The summed E-state index contributed by atoms with van der Waals surface area (Å²) in [6, 6.07) is 10.2. The summed E-state index contributed by atoms with van der Waals surface area (Å²) in [5.74, 6) is 1.01. The van der Waals surface area contributed by atoms with Crippen LogP contribution in [0.25, 0.3) is 11.7 Å². The summed E-state index contributed by atoms with van der Waals surface area (Å²) in [5, 5.41) is 4.41. The average molecular weight is 346 g/mol. The van der Waals surface area contributed by atoms with Crippen molar-refractivity contribution >= 4 is 11.7 Å². The summed E-state index contributed by atoms with van der Waals surface area (Å²) in [6.45, 7) is 2.97. The fourth-order valence-corrected chi connectivity index (χ4v) is 4.05. The summed E-state index contributed by atoms with van der Waals surface area (Å²) in [7, 11) is 0. The number of likely N-dealkylation sites (tertiary alicyclic amines) is 1. The highest BCUT2D eigenvalue weighted by Crippen LogP contribution is 2.37. The first-order valence-electron chi connectivity index (χ1n) is 9.28. The molecular weight excluding hydrogens is 324 g/mol. The van der Waals surface area contributed by atoms with Gasteiger partial charge in [0.05, 0.1) is 6.20 Å². The van der Waals surface area contributed by atoms with Crippen molar-refractivity contribution in [2.45, 2.75) is 31.4 Å². The van der Waals surface area contributed by atoms with Gasteiger partial charge in [-0.2, -0.15) is 5.10 Å². The number of fused-ring (bicyclic) bond motifs is 2. The molecule has 132 valence electrons. The smallest absolute Gasteiger partial charge is 0.159 e. The molecule has 1 fully saturated rings. The van der Waals surface area contributed by atoms with E-state index in [1.807, 2.05) is 35.2 Å². The van der Waals surface area contributed by atoms with Crippen LogP contribution in [-0.4, -0.2) is 38.2 Å². The maximum Gasteiger partial charge on any atom is 0.159 e. The Labute approximate surface area is 152 Å². The number of rotatable bonds is 2. The molecule has 5 heteroatoms. The third-order valence-corrected chi connectivity index (χ3v) is 5.47. The van der Waals surface area contributed by atoms with Crippen LogP contribution in [-0.2, 0) is 6.54 Å². The van der Waals surface area contributed by atoms with Crippen LogP contribution < -0.4 is 4.74 Å². The third kappa shape index (κ3) is 2.78. The summed E-state index contributed by atoms with van der Waals surface area (Å²) in [6.07, 6.45) is 13.4. The Hall–Kier alpha value is -2.66. The lowest BCUT2D eigenvalue weighted by molar-refractivity contribution is 0.0991. The Morgan fingerprint density at radius 1 is 1.12 bits per heavy atom. The Morgan fingerprint density at radius 3 is 3.08 bits per heavy atom. The molecule has 0 unspecified atom stereocenters. The fraction of sp³-hybridized carbons (Fsp3) is 0.333. The van der Waals surface area contributed by atoms with E-state index in [1.54, 1.807) is 0 Å². The minimum atomic E-state index is -0.164. The lowest BCUT2D eigenvalue weighted by Gasteiger charge is -2.34. The predicted molar refractivity (Wildman–Crippen MR) is 101 cm³/mol. The van der Waals surface area contributed by atoms with E-state index in [2.05, 4.69) is 45.3 Å². The molecule has 1 spiro atoms. The zero-order valence-electron chi connectivity index (χ0n) is 14.7. The topological polar surface area (TPSA) is 42.7 Å². The van der Waals surface area contributed by atoms with Crippen molar-refractivity contribution in [1.82, 2.24) is 19.5 Å². The molecule has 0 N–H and O–H groups in total. The van der Waals surface area contributed by atoms with Crippen LogP contribution in [0, 0.1) is 0 Å². The molecule has 1 aromatic carbocycles. The molecule has 1 atom stereocenters. The van der Waals surface area contributed by atoms with E-state index in [0.29, 0.717) is 0 Å². The molecule has 0 bridgehead atoms. The highest BCUT2D eigenvalue weighted by atomic mass is 16.5. The molecule has 5 rings (SSSR count). The first-order valence-corrected chi connectivity index (χ1v) is 9.28. The van der Waals surface area contributed by atoms with E-state index in [0.717, 1.165) is 50.3 Å². The lowest BCUT2D eigenvalue weighted by atomic mass is 9.91. The maximum atomic E-state index is 6.45. The summed E-state index contributed by atoms with van der Waals surface area (Å²) in [5.41, 5.74) is 3.15. The summed E-state index contributed by atoms with van der Waals surface area (Å²) < 4.78 is 8.30. The second-order valence-electron chi connectivity index (χ2n) is 7.23. The zero-order valence-corrected chi connectivity index (χ0v) is 14.7. The SMILES string of the molecule is C1=C[C@@]2(CCCN(Cc3cnn4cccnc34)CC2)Oc2ccccc21. The Kier molecular flexibility index (Phi) is 3.75. The van der Waals surface area contributed by atoms with E-state index < -0.39 is 0 Å². The maximum absolute atomic E-state index is 6.45. The van der Waals surface area contributed by atoms with Crippen LogP contribution in [0.15, 0.2) is 55.0 Å². The standard InChI is InChI=1S/C21H22N4O/c1-2-6-19-17(5-1)7-9-21(26-19)8-3-12-24(14-10-21)16-18-15-23-25-13-4-11-22-20(18)25/h1-2,4-7,9,11,13,15H,3,8,10,12,14,16H2/t21-/m1/s1. The van der Waals surface area contributed by atoms with Gasteiger partial charge in [0.15, 0.2) is 5.65 Å². The van der Waals surface area contributed by atoms with Crippen molar-refractivity contribution in [1.29, 1.82) is 0 Å². The van der Waals surface area contributed by atoms with Gasteiger partial charge in [0.25, 0.3) is 0 Å². The Balaban J connectivity index is 1.32. The van der Waals surface area contributed by atoms with Crippen molar-refractivity contribution in [3.05, 3.63) is 66.1 Å². The van der Waals surface area contributed by atoms with E-state index in [4.69, 9.17) is 4.74 Å². The second-order valence-corrected chi connectivity index (χ2v) is 7.23. The number of ether oxygens (including phenoxy) is 1. The van der Waals surface area contributed by atoms with E-state index in [-0.39, 0.29) is 5.60 Å². The number of aromatic nitrogens is 3. The molecule has 1 saturated heterocycles. The van der Waals surface area contributed by atoms with Crippen LogP contribution in [0.3, 0.4) is 0 Å². The fourth-order valence-electron chi connectivity index (χ4n) is 4.05. The van der Waals surface area contributed by atoms with Gasteiger partial charge in [0, 0.05) is 43.0 Å². The van der Waals surface area contributed by atoms with Gasteiger partial charge in [0.2, 0.25) is 0 Å². The number of hydrogen-bond acceptors (Lipinski definition) is 4. The Bertz CT molecular complexity index is 963. The minimum Gasteiger partial charge on any atom is -0.483 e. The van der Waals surface area contributed by atoms with E-state index in [9.17, 15) is 0 Å². The van der Waals surface area contributed by atoms with Gasteiger partial charge in [-0.3, -0.25) is 4.90 Å². The normalized spacial score (nSPS) is 22.9. The largest absolute Gasteiger partial charge is 0.483 e. The van der Waals surface area contributed by atoms with Crippen LogP contribution in [0.5, 0.6) is 5.75 Å². The van der Waals surface area contributed by atoms with Crippen molar-refractivity contribution in [3.63, 3.8) is 0 Å². The van der Waals surface area contributed by atoms with Gasteiger partial charge in [0.1, 0.15) is 11.4 Å². The predicted octanol–water partition coefficient (Wildman–Crippen LogP) is 3.56. The first kappa shape index (κ1) is 15.6. The molecule has 5 nitrogen and oxygen atoms in total. The second kappa shape index (κ2) is 6.25. The molecule has 26 heavy (non-hydrogen) atoms. The third-order valence-electron chi connectivity index (χ3n) is 5.47. The van der Waals surface area contributed by atoms with Crippen molar-refractivity contribution in [2.24, 2.45) is 0 Å². The van der Waals surface area contributed by atoms with Gasteiger partial charge in [-0.1, -0.05) is 24.3 Å². The highest BCUT2D eigenvalue weighted by molar-refractivity contribution is 5.60. The molecule has 0 amide bonds. The minimum absolute atomic E-state index is 0.164. The van der Waals surface area contributed by atoms with E-state index in [1.165, 1.54) is 11.1 Å². The summed E-state index contributed by atoms with van der Waals surface area (Å²) in [4.78, 5) is 6.97. The van der Waals surface area contributed by atoms with Crippen LogP contribution >= 0.6 is 0 Å². The molecular formula is C21H22N4O. The molecule has 0 radical (unpaired) electrons. The van der Waals surface area contributed by atoms with Crippen LogP contribution in [0.1, 0.15) is 30.4 Å². The average Bonchev–Trinajstić information content (AvgIpc) is 2.99. The van der Waals surface area contributed by atoms with Crippen molar-refractivity contribution in [3.8, 4) is 5.75 Å². The molecule has 3 aromatic rings. The first-order chi connectivity index (χ1) is 12.8. The van der Waals surface area contributed by atoms with Gasteiger partial charge in [-0.15, -0.1) is 0 Å². The monoisotopic (exact) mass is 346 g/mol. The van der Waals surface area contributed by atoms with Gasteiger partial charge < -0.3 is 4.74 Å². The van der Waals surface area contributed by atoms with Gasteiger partial charge in [-0.25, -0.2) is 9.50 Å². The summed E-state index contributed by atoms with van der Waals surface area (Å²) >= 11 is 0. The Morgan fingerprint density at radius 2 is 2.08 bits per heavy atom. The molecule has 4 heterocycles. The zero-order chi connectivity index (χ0) is 17.4.